The second-order valence-electron chi connectivity index (χ2n) is 4.04. The zero-order valence-electron chi connectivity index (χ0n) is 9.94. The molecular weight excluding hydrogens is 256 g/mol. The molecule has 1 unspecified atom stereocenters. The molecule has 0 saturated carbocycles. The summed E-state index contributed by atoms with van der Waals surface area (Å²) in [5.74, 6) is -0.985. The number of anilines is 1. The maximum absolute atomic E-state index is 11.5. The lowest BCUT2D eigenvalue weighted by Gasteiger charge is -2.11. The summed E-state index contributed by atoms with van der Waals surface area (Å²) in [6.45, 7) is 2.07. The fraction of sp³-hybridized carbons (Fsp3) is 0.333. The van der Waals surface area contributed by atoms with Gasteiger partial charge >= 0.3 is 12.0 Å². The van der Waals surface area contributed by atoms with E-state index < -0.39 is 5.97 Å². The van der Waals surface area contributed by atoms with Crippen LogP contribution in [-0.4, -0.2) is 23.7 Å². The van der Waals surface area contributed by atoms with Crippen LogP contribution in [0.1, 0.15) is 13.3 Å². The lowest BCUT2D eigenvalue weighted by atomic mass is 10.1. The molecule has 0 aliphatic carbocycles. The summed E-state index contributed by atoms with van der Waals surface area (Å²) in [4.78, 5) is 21.9. The molecule has 0 bridgehead atoms. The Morgan fingerprint density at radius 2 is 1.94 bits per heavy atom. The predicted molar refractivity (Wildman–Crippen MR) is 69.9 cm³/mol. The van der Waals surface area contributed by atoms with Crippen LogP contribution in [0, 0.1) is 5.92 Å². The van der Waals surface area contributed by atoms with Crippen molar-refractivity contribution in [3.63, 3.8) is 0 Å². The number of carbonyl (C=O) groups excluding carboxylic acids is 1. The summed E-state index contributed by atoms with van der Waals surface area (Å²) in [5.41, 5.74) is 0.628. The van der Waals surface area contributed by atoms with Gasteiger partial charge in [-0.1, -0.05) is 18.5 Å². The Morgan fingerprint density at radius 3 is 2.50 bits per heavy atom. The molecule has 0 aliphatic rings. The smallest absolute Gasteiger partial charge is 0.319 e. The minimum Gasteiger partial charge on any atom is -0.481 e. The molecule has 1 aromatic rings. The minimum absolute atomic E-state index is 0.0290. The van der Waals surface area contributed by atoms with Crippen LogP contribution in [0.4, 0.5) is 10.5 Å². The summed E-state index contributed by atoms with van der Waals surface area (Å²) in [5, 5.41) is 14.4. The number of hydrogen-bond donors (Lipinski definition) is 3. The molecule has 98 valence electrons. The molecule has 1 rings (SSSR count). The van der Waals surface area contributed by atoms with Gasteiger partial charge in [-0.15, -0.1) is 0 Å². The SMILES string of the molecule is CC(CNC(=O)Nc1ccc(Cl)cc1)CC(=O)O. The lowest BCUT2D eigenvalue weighted by molar-refractivity contribution is -0.137. The summed E-state index contributed by atoms with van der Waals surface area (Å²) in [6, 6.07) is 6.34. The second-order valence-corrected chi connectivity index (χ2v) is 4.48. The van der Waals surface area contributed by atoms with Gasteiger partial charge in [0.05, 0.1) is 0 Å². The molecule has 0 fully saturated rings. The first-order chi connectivity index (χ1) is 8.47. The van der Waals surface area contributed by atoms with E-state index in [2.05, 4.69) is 10.6 Å². The molecule has 6 heteroatoms. The fourth-order valence-corrected chi connectivity index (χ4v) is 1.47. The standard InChI is InChI=1S/C12H15ClN2O3/c1-8(6-11(16)17)7-14-12(18)15-10-4-2-9(13)3-5-10/h2-5,8H,6-7H2,1H3,(H,16,17)(H2,14,15,18). The Morgan fingerprint density at radius 1 is 1.33 bits per heavy atom. The van der Waals surface area contributed by atoms with Crippen LogP contribution >= 0.6 is 11.6 Å². The Labute approximate surface area is 110 Å². The third-order valence-electron chi connectivity index (χ3n) is 2.24. The largest absolute Gasteiger partial charge is 0.481 e. The normalized spacial score (nSPS) is 11.7. The molecule has 0 heterocycles. The number of aliphatic carboxylic acids is 1. The van der Waals surface area contributed by atoms with Gasteiger partial charge in [-0.05, 0) is 30.2 Å². The van der Waals surface area contributed by atoms with Crippen molar-refractivity contribution in [1.29, 1.82) is 0 Å². The Bertz CT molecular complexity index is 420. The molecule has 2 amide bonds. The topological polar surface area (TPSA) is 78.4 Å². The molecule has 0 saturated heterocycles. The highest BCUT2D eigenvalue weighted by Gasteiger charge is 2.09. The van der Waals surface area contributed by atoms with Gasteiger partial charge in [-0.2, -0.15) is 0 Å². The molecule has 18 heavy (non-hydrogen) atoms. The van der Waals surface area contributed by atoms with Crippen LogP contribution in [0.5, 0.6) is 0 Å². The maximum atomic E-state index is 11.5. The van der Waals surface area contributed by atoms with Gasteiger partial charge in [-0.3, -0.25) is 4.79 Å². The summed E-state index contributed by atoms with van der Waals surface area (Å²) in [7, 11) is 0. The van der Waals surface area contributed by atoms with Crippen molar-refractivity contribution < 1.29 is 14.7 Å². The molecule has 0 radical (unpaired) electrons. The summed E-state index contributed by atoms with van der Waals surface area (Å²) < 4.78 is 0. The quantitative estimate of drug-likeness (QED) is 0.769. The molecular formula is C12H15ClN2O3. The van der Waals surface area contributed by atoms with Crippen LogP contribution in [-0.2, 0) is 4.79 Å². The molecule has 3 N–H and O–H groups in total. The highest BCUT2D eigenvalue weighted by atomic mass is 35.5. The average molecular weight is 271 g/mol. The lowest BCUT2D eigenvalue weighted by Crippen LogP contribution is -2.32. The number of amides is 2. The predicted octanol–water partition coefficient (Wildman–Crippen LogP) is 2.57. The van der Waals surface area contributed by atoms with E-state index in [1.165, 1.54) is 0 Å². The van der Waals surface area contributed by atoms with E-state index in [-0.39, 0.29) is 18.4 Å². The summed E-state index contributed by atoms with van der Waals surface area (Å²) in [6.07, 6.45) is 0.0290. The zero-order chi connectivity index (χ0) is 13.5. The number of carbonyl (C=O) groups is 2. The Balaban J connectivity index is 2.33. The third kappa shape index (κ3) is 5.54. The number of carboxylic acids is 1. The average Bonchev–Trinajstić information content (AvgIpc) is 2.29. The first kappa shape index (κ1) is 14.3. The van der Waals surface area contributed by atoms with Crippen molar-refractivity contribution in [3.8, 4) is 0 Å². The number of halogens is 1. The fourth-order valence-electron chi connectivity index (χ4n) is 1.35. The van der Waals surface area contributed by atoms with Crippen LogP contribution < -0.4 is 10.6 Å². The maximum Gasteiger partial charge on any atom is 0.319 e. The highest BCUT2D eigenvalue weighted by molar-refractivity contribution is 6.30. The third-order valence-corrected chi connectivity index (χ3v) is 2.49. The molecule has 0 spiro atoms. The van der Waals surface area contributed by atoms with E-state index in [1.807, 2.05) is 0 Å². The van der Waals surface area contributed by atoms with E-state index in [1.54, 1.807) is 31.2 Å². The van der Waals surface area contributed by atoms with Crippen LogP contribution in [0.15, 0.2) is 24.3 Å². The number of urea groups is 1. The summed E-state index contributed by atoms with van der Waals surface area (Å²) >= 11 is 5.72. The minimum atomic E-state index is -0.873. The first-order valence-corrected chi connectivity index (χ1v) is 5.87. The number of nitrogens with one attached hydrogen (secondary N) is 2. The van der Waals surface area contributed by atoms with Gasteiger partial charge in [0, 0.05) is 23.7 Å². The first-order valence-electron chi connectivity index (χ1n) is 5.49. The van der Waals surface area contributed by atoms with Crippen molar-refractivity contribution in [2.75, 3.05) is 11.9 Å². The van der Waals surface area contributed by atoms with Gasteiger partial charge < -0.3 is 15.7 Å². The highest BCUT2D eigenvalue weighted by Crippen LogP contribution is 2.13. The molecule has 1 atom stereocenters. The molecule has 1 aromatic carbocycles. The molecule has 5 nitrogen and oxygen atoms in total. The Kier molecular flexibility index (Phi) is 5.45. The van der Waals surface area contributed by atoms with Gasteiger partial charge in [0.2, 0.25) is 0 Å². The van der Waals surface area contributed by atoms with Crippen molar-refractivity contribution in [1.82, 2.24) is 5.32 Å². The van der Waals surface area contributed by atoms with Crippen LogP contribution in [0.25, 0.3) is 0 Å². The van der Waals surface area contributed by atoms with Gasteiger partial charge in [-0.25, -0.2) is 4.79 Å². The van der Waals surface area contributed by atoms with Gasteiger partial charge in [0.25, 0.3) is 0 Å². The van der Waals surface area contributed by atoms with Crippen molar-refractivity contribution in [2.45, 2.75) is 13.3 Å². The van der Waals surface area contributed by atoms with E-state index in [4.69, 9.17) is 16.7 Å². The number of rotatable bonds is 5. The second kappa shape index (κ2) is 6.86. The van der Waals surface area contributed by atoms with E-state index >= 15 is 0 Å². The van der Waals surface area contributed by atoms with Crippen molar-refractivity contribution in [2.24, 2.45) is 5.92 Å². The molecule has 0 aromatic heterocycles. The molecule has 0 aliphatic heterocycles. The Hall–Kier alpha value is -1.75. The number of carboxylic acid groups (broad SMARTS) is 1. The van der Waals surface area contributed by atoms with Crippen molar-refractivity contribution >= 4 is 29.3 Å². The van der Waals surface area contributed by atoms with Crippen LogP contribution in [0.2, 0.25) is 5.02 Å². The number of hydrogen-bond acceptors (Lipinski definition) is 2. The monoisotopic (exact) mass is 270 g/mol. The van der Waals surface area contributed by atoms with Crippen LogP contribution in [0.3, 0.4) is 0 Å². The van der Waals surface area contributed by atoms with E-state index in [0.29, 0.717) is 17.3 Å². The van der Waals surface area contributed by atoms with Gasteiger partial charge in [0.15, 0.2) is 0 Å². The van der Waals surface area contributed by atoms with E-state index in [0.717, 1.165) is 0 Å². The zero-order valence-corrected chi connectivity index (χ0v) is 10.7. The number of benzene rings is 1. The van der Waals surface area contributed by atoms with Crippen molar-refractivity contribution in [3.05, 3.63) is 29.3 Å². The van der Waals surface area contributed by atoms with Gasteiger partial charge in [0.1, 0.15) is 0 Å². The van der Waals surface area contributed by atoms with E-state index in [9.17, 15) is 9.59 Å².